The van der Waals surface area contributed by atoms with E-state index in [9.17, 15) is 5.11 Å². The van der Waals surface area contributed by atoms with Crippen molar-refractivity contribution in [3.8, 4) is 17.6 Å². The smallest absolute Gasteiger partial charge is 0.162 e. The molecule has 0 fully saturated rings. The molecule has 5 heteroatoms. The zero-order chi connectivity index (χ0) is 15.2. The number of aliphatic hydroxyl groups is 1. The minimum Gasteiger partial charge on any atom is -0.493 e. The number of nitrogens with zero attached hydrogens (tertiary/aromatic N) is 1. The van der Waals surface area contributed by atoms with Gasteiger partial charge in [0, 0.05) is 10.5 Å². The zero-order valence-corrected chi connectivity index (χ0v) is 13.0. The lowest BCUT2D eigenvalue weighted by Gasteiger charge is -2.15. The van der Waals surface area contributed by atoms with Gasteiger partial charge in [0.05, 0.1) is 18.7 Å². The van der Waals surface area contributed by atoms with Crippen LogP contribution in [0, 0.1) is 11.3 Å². The fourth-order valence-corrected chi connectivity index (χ4v) is 2.25. The van der Waals surface area contributed by atoms with Crippen molar-refractivity contribution in [3.63, 3.8) is 0 Å². The van der Waals surface area contributed by atoms with Crippen molar-refractivity contribution in [3.05, 3.63) is 58.1 Å². The molecule has 0 saturated carbocycles. The summed E-state index contributed by atoms with van der Waals surface area (Å²) in [5.74, 6) is 0.959. The third-order valence-corrected chi connectivity index (χ3v) is 3.42. The maximum Gasteiger partial charge on any atom is 0.162 e. The van der Waals surface area contributed by atoms with Crippen molar-refractivity contribution in [2.24, 2.45) is 0 Å². The average molecular weight is 348 g/mol. The summed E-state index contributed by atoms with van der Waals surface area (Å²) in [5, 5.41) is 19.0. The first kappa shape index (κ1) is 15.4. The Morgan fingerprint density at radius 3 is 2.71 bits per heavy atom. The summed E-state index contributed by atoms with van der Waals surface area (Å²) in [6.07, 6.45) is -0.747. The summed E-state index contributed by atoms with van der Waals surface area (Å²) in [6, 6.07) is 14.3. The van der Waals surface area contributed by atoms with Gasteiger partial charge < -0.3 is 14.6 Å². The molecule has 0 spiro atoms. The predicted molar refractivity (Wildman–Crippen MR) is 82.3 cm³/mol. The van der Waals surface area contributed by atoms with Crippen molar-refractivity contribution in [1.29, 1.82) is 5.26 Å². The fourth-order valence-electron chi connectivity index (χ4n) is 1.84. The summed E-state index contributed by atoms with van der Waals surface area (Å²) in [7, 11) is 1.51. The van der Waals surface area contributed by atoms with E-state index in [0.717, 1.165) is 10.0 Å². The maximum absolute atomic E-state index is 10.1. The number of halogens is 1. The molecule has 0 heterocycles. The molecule has 0 aromatic heterocycles. The van der Waals surface area contributed by atoms with Crippen molar-refractivity contribution < 1.29 is 14.6 Å². The first-order valence-corrected chi connectivity index (χ1v) is 7.08. The zero-order valence-electron chi connectivity index (χ0n) is 11.4. The molecule has 0 amide bonds. The number of nitriles is 1. The van der Waals surface area contributed by atoms with Gasteiger partial charge in [0.1, 0.15) is 12.7 Å². The van der Waals surface area contributed by atoms with E-state index in [2.05, 4.69) is 15.9 Å². The van der Waals surface area contributed by atoms with Gasteiger partial charge in [0.25, 0.3) is 0 Å². The van der Waals surface area contributed by atoms with Crippen molar-refractivity contribution in [2.45, 2.75) is 6.10 Å². The molecule has 1 atom stereocenters. The van der Waals surface area contributed by atoms with Gasteiger partial charge in [0.15, 0.2) is 11.5 Å². The molecule has 2 rings (SSSR count). The van der Waals surface area contributed by atoms with Crippen LogP contribution in [-0.4, -0.2) is 18.8 Å². The topological polar surface area (TPSA) is 62.5 Å². The molecule has 21 heavy (non-hydrogen) atoms. The second-order valence-corrected chi connectivity index (χ2v) is 5.27. The summed E-state index contributed by atoms with van der Waals surface area (Å²) >= 11 is 3.36. The Labute approximate surface area is 131 Å². The molecule has 108 valence electrons. The molecule has 0 aliphatic carbocycles. The van der Waals surface area contributed by atoms with Crippen LogP contribution < -0.4 is 9.47 Å². The molecule has 4 nitrogen and oxygen atoms in total. The summed E-state index contributed by atoms with van der Waals surface area (Å²) < 4.78 is 11.7. The third-order valence-electron chi connectivity index (χ3n) is 2.92. The van der Waals surface area contributed by atoms with Crippen molar-refractivity contribution >= 4 is 15.9 Å². The number of aliphatic hydroxyl groups excluding tert-OH is 1. The fraction of sp³-hybridized carbons (Fsp3) is 0.188. The molecule has 1 unspecified atom stereocenters. The summed E-state index contributed by atoms with van der Waals surface area (Å²) in [6.45, 7) is 0.0959. The standard InChI is InChI=1S/C16H14BrNO3/c1-20-16-7-11(9-18)5-6-15(16)21-10-14(19)12-3-2-4-13(17)8-12/h2-8,14,19H,10H2,1H3. The van der Waals surface area contributed by atoms with E-state index in [0.29, 0.717) is 17.1 Å². The first-order valence-electron chi connectivity index (χ1n) is 6.28. The highest BCUT2D eigenvalue weighted by Gasteiger charge is 2.11. The molecule has 1 N–H and O–H groups in total. The number of ether oxygens (including phenoxy) is 2. The Morgan fingerprint density at radius 1 is 1.24 bits per heavy atom. The Kier molecular flexibility index (Phi) is 5.20. The highest BCUT2D eigenvalue weighted by molar-refractivity contribution is 9.10. The van der Waals surface area contributed by atoms with Crippen molar-refractivity contribution in [1.82, 2.24) is 0 Å². The molecule has 0 aliphatic heterocycles. The molecule has 0 aliphatic rings. The SMILES string of the molecule is COc1cc(C#N)ccc1OCC(O)c1cccc(Br)c1. The highest BCUT2D eigenvalue weighted by atomic mass is 79.9. The summed E-state index contributed by atoms with van der Waals surface area (Å²) in [5.41, 5.74) is 1.25. The van der Waals surface area contributed by atoms with Crippen LogP contribution in [0.25, 0.3) is 0 Å². The molecule has 2 aromatic rings. The lowest BCUT2D eigenvalue weighted by molar-refractivity contribution is 0.106. The van der Waals surface area contributed by atoms with Gasteiger partial charge >= 0.3 is 0 Å². The van der Waals surface area contributed by atoms with Crippen LogP contribution >= 0.6 is 15.9 Å². The normalized spacial score (nSPS) is 11.5. The highest BCUT2D eigenvalue weighted by Crippen LogP contribution is 2.29. The van der Waals surface area contributed by atoms with Crippen LogP contribution in [0.1, 0.15) is 17.2 Å². The van der Waals surface area contributed by atoms with E-state index >= 15 is 0 Å². The Bertz CT molecular complexity index is 667. The number of hydrogen-bond donors (Lipinski definition) is 1. The van der Waals surface area contributed by atoms with Gasteiger partial charge in [-0.25, -0.2) is 0 Å². The summed E-state index contributed by atoms with van der Waals surface area (Å²) in [4.78, 5) is 0. The second kappa shape index (κ2) is 7.11. The van der Waals surface area contributed by atoms with E-state index in [4.69, 9.17) is 14.7 Å². The van der Waals surface area contributed by atoms with Crippen LogP contribution in [-0.2, 0) is 0 Å². The van der Waals surface area contributed by atoms with Gasteiger partial charge in [-0.3, -0.25) is 0 Å². The van der Waals surface area contributed by atoms with Gasteiger partial charge in [-0.05, 0) is 29.8 Å². The molecule has 0 radical (unpaired) electrons. The second-order valence-electron chi connectivity index (χ2n) is 4.36. The number of rotatable bonds is 5. The quantitative estimate of drug-likeness (QED) is 0.899. The molecule has 0 saturated heterocycles. The van der Waals surface area contributed by atoms with Crippen LogP contribution in [0.4, 0.5) is 0 Å². The monoisotopic (exact) mass is 347 g/mol. The largest absolute Gasteiger partial charge is 0.493 e. The van der Waals surface area contributed by atoms with Gasteiger partial charge in [-0.15, -0.1) is 0 Å². The van der Waals surface area contributed by atoms with Gasteiger partial charge in [-0.1, -0.05) is 28.1 Å². The molecular weight excluding hydrogens is 334 g/mol. The van der Waals surface area contributed by atoms with Crippen LogP contribution in [0.3, 0.4) is 0 Å². The van der Waals surface area contributed by atoms with Crippen LogP contribution in [0.2, 0.25) is 0 Å². The minimum atomic E-state index is -0.747. The molecular formula is C16H14BrNO3. The van der Waals surface area contributed by atoms with E-state index in [-0.39, 0.29) is 6.61 Å². The number of hydrogen-bond acceptors (Lipinski definition) is 4. The average Bonchev–Trinajstić information content (AvgIpc) is 2.52. The van der Waals surface area contributed by atoms with E-state index in [1.54, 1.807) is 18.2 Å². The maximum atomic E-state index is 10.1. The van der Waals surface area contributed by atoms with Crippen LogP contribution in [0.15, 0.2) is 46.9 Å². The van der Waals surface area contributed by atoms with Crippen LogP contribution in [0.5, 0.6) is 11.5 Å². The van der Waals surface area contributed by atoms with E-state index in [1.165, 1.54) is 7.11 Å². The predicted octanol–water partition coefficient (Wildman–Crippen LogP) is 3.44. The Hall–Kier alpha value is -2.03. The Morgan fingerprint density at radius 2 is 2.05 bits per heavy atom. The first-order chi connectivity index (χ1) is 10.1. The molecule has 0 bridgehead atoms. The lowest BCUT2D eigenvalue weighted by Crippen LogP contribution is -2.10. The van der Waals surface area contributed by atoms with Crippen molar-refractivity contribution in [2.75, 3.05) is 13.7 Å². The van der Waals surface area contributed by atoms with E-state index in [1.807, 2.05) is 30.3 Å². The molecule has 2 aromatic carbocycles. The van der Waals surface area contributed by atoms with Gasteiger partial charge in [0.2, 0.25) is 0 Å². The third kappa shape index (κ3) is 3.97. The number of benzene rings is 2. The Balaban J connectivity index is 2.08. The van der Waals surface area contributed by atoms with Gasteiger partial charge in [-0.2, -0.15) is 5.26 Å². The lowest BCUT2D eigenvalue weighted by atomic mass is 10.1. The minimum absolute atomic E-state index is 0.0959. The number of methoxy groups -OCH3 is 1. The van der Waals surface area contributed by atoms with E-state index < -0.39 is 6.10 Å².